The fourth-order valence-corrected chi connectivity index (χ4v) is 1.83. The van der Waals surface area contributed by atoms with Gasteiger partial charge in [-0.1, -0.05) is 12.1 Å². The number of fused-ring (bicyclic) bond motifs is 1. The topological polar surface area (TPSA) is 61.0 Å². The normalized spacial score (nSPS) is 10.6. The molecule has 4 nitrogen and oxygen atoms in total. The van der Waals surface area contributed by atoms with Crippen molar-refractivity contribution >= 4 is 10.9 Å². The van der Waals surface area contributed by atoms with E-state index in [1.54, 1.807) is 12.4 Å². The van der Waals surface area contributed by atoms with Crippen molar-refractivity contribution in [3.63, 3.8) is 0 Å². The van der Waals surface area contributed by atoms with E-state index in [0.29, 0.717) is 12.4 Å². The summed E-state index contributed by atoms with van der Waals surface area (Å²) in [4.78, 5) is 8.47. The highest BCUT2D eigenvalue weighted by Gasteiger charge is 2.01. The Kier molecular flexibility index (Phi) is 3.08. The van der Waals surface area contributed by atoms with Gasteiger partial charge in [-0.2, -0.15) is 0 Å². The summed E-state index contributed by atoms with van der Waals surface area (Å²) in [5.41, 5.74) is 7.45. The molecule has 0 aliphatic carbocycles. The highest BCUT2D eigenvalue weighted by atomic mass is 16.5. The predicted molar refractivity (Wildman–Crippen MR) is 73.9 cm³/mol. The quantitative estimate of drug-likeness (QED) is 0.777. The van der Waals surface area contributed by atoms with Crippen LogP contribution in [0.5, 0.6) is 11.6 Å². The molecule has 0 aliphatic heterocycles. The lowest BCUT2D eigenvalue weighted by molar-refractivity contribution is 0.463. The summed E-state index contributed by atoms with van der Waals surface area (Å²) in [7, 11) is 0. The highest BCUT2D eigenvalue weighted by molar-refractivity contribution is 5.79. The molecule has 19 heavy (non-hydrogen) atoms. The molecule has 2 aromatic heterocycles. The summed E-state index contributed by atoms with van der Waals surface area (Å²) in [6, 6.07) is 13.4. The van der Waals surface area contributed by atoms with E-state index >= 15 is 0 Å². The molecule has 0 amide bonds. The minimum Gasteiger partial charge on any atom is -0.439 e. The van der Waals surface area contributed by atoms with Crippen LogP contribution in [0.3, 0.4) is 0 Å². The van der Waals surface area contributed by atoms with Crippen molar-refractivity contribution in [2.45, 2.75) is 6.54 Å². The summed E-state index contributed by atoms with van der Waals surface area (Å²) in [5.74, 6) is 1.30. The van der Waals surface area contributed by atoms with Crippen LogP contribution in [0.15, 0.2) is 54.9 Å². The Morgan fingerprint density at radius 3 is 2.79 bits per heavy atom. The summed E-state index contributed by atoms with van der Waals surface area (Å²) in [6.45, 7) is 0.481. The molecule has 0 saturated heterocycles. The van der Waals surface area contributed by atoms with Crippen molar-refractivity contribution in [3.05, 3.63) is 60.4 Å². The average molecular weight is 251 g/mol. The molecule has 3 rings (SSSR count). The zero-order valence-corrected chi connectivity index (χ0v) is 10.3. The Labute approximate surface area is 110 Å². The van der Waals surface area contributed by atoms with E-state index in [9.17, 15) is 0 Å². The molecule has 4 heteroatoms. The Morgan fingerprint density at radius 1 is 1.05 bits per heavy atom. The zero-order valence-electron chi connectivity index (χ0n) is 10.3. The molecule has 0 spiro atoms. The number of hydrogen-bond donors (Lipinski definition) is 1. The van der Waals surface area contributed by atoms with E-state index in [-0.39, 0.29) is 0 Å². The number of pyridine rings is 2. The lowest BCUT2D eigenvalue weighted by Crippen LogP contribution is -1.97. The van der Waals surface area contributed by atoms with Gasteiger partial charge in [-0.25, -0.2) is 4.98 Å². The second-order valence-corrected chi connectivity index (χ2v) is 4.17. The van der Waals surface area contributed by atoms with Crippen molar-refractivity contribution in [2.75, 3.05) is 0 Å². The minimum absolute atomic E-state index is 0.481. The fraction of sp³-hybridized carbons (Fsp3) is 0.0667. The molecule has 2 heterocycles. The molecule has 0 radical (unpaired) electrons. The van der Waals surface area contributed by atoms with Crippen molar-refractivity contribution in [1.82, 2.24) is 9.97 Å². The molecule has 2 N–H and O–H groups in total. The number of hydrogen-bond acceptors (Lipinski definition) is 4. The van der Waals surface area contributed by atoms with Gasteiger partial charge in [-0.15, -0.1) is 0 Å². The van der Waals surface area contributed by atoms with Crippen LogP contribution in [0.2, 0.25) is 0 Å². The van der Waals surface area contributed by atoms with Gasteiger partial charge in [-0.05, 0) is 29.8 Å². The lowest BCUT2D eigenvalue weighted by atomic mass is 10.2. The third-order valence-electron chi connectivity index (χ3n) is 2.83. The van der Waals surface area contributed by atoms with Gasteiger partial charge in [0.25, 0.3) is 0 Å². The van der Waals surface area contributed by atoms with Gasteiger partial charge in [0.1, 0.15) is 5.75 Å². The number of rotatable bonds is 3. The molecule has 1 aromatic carbocycles. The second-order valence-electron chi connectivity index (χ2n) is 4.17. The van der Waals surface area contributed by atoms with Gasteiger partial charge in [-0.3, -0.25) is 4.98 Å². The van der Waals surface area contributed by atoms with Crippen LogP contribution in [-0.2, 0) is 6.54 Å². The van der Waals surface area contributed by atoms with Crippen LogP contribution in [0, 0.1) is 0 Å². The van der Waals surface area contributed by atoms with E-state index < -0.39 is 0 Å². The third kappa shape index (κ3) is 2.53. The number of aromatic nitrogens is 2. The van der Waals surface area contributed by atoms with Crippen LogP contribution < -0.4 is 10.5 Å². The average Bonchev–Trinajstić information content (AvgIpc) is 2.48. The Hall–Kier alpha value is -2.46. The molecule has 0 unspecified atom stereocenters. The van der Waals surface area contributed by atoms with E-state index in [4.69, 9.17) is 10.5 Å². The van der Waals surface area contributed by atoms with Crippen LogP contribution in [0.4, 0.5) is 0 Å². The molecule has 0 bridgehead atoms. The number of nitrogens with two attached hydrogens (primary N) is 1. The molecular weight excluding hydrogens is 238 g/mol. The van der Waals surface area contributed by atoms with Gasteiger partial charge in [0.2, 0.25) is 5.88 Å². The van der Waals surface area contributed by atoms with Gasteiger partial charge >= 0.3 is 0 Å². The SMILES string of the molecule is NCc1ccc(Oc2ccc3ncccc3c2)nc1. The third-order valence-corrected chi connectivity index (χ3v) is 2.83. The molecule has 0 aliphatic rings. The van der Waals surface area contributed by atoms with Crippen LogP contribution in [-0.4, -0.2) is 9.97 Å². The lowest BCUT2D eigenvalue weighted by Gasteiger charge is -2.06. The van der Waals surface area contributed by atoms with E-state index in [1.165, 1.54) is 0 Å². The van der Waals surface area contributed by atoms with Crippen LogP contribution in [0.25, 0.3) is 10.9 Å². The smallest absolute Gasteiger partial charge is 0.219 e. The summed E-state index contributed by atoms with van der Waals surface area (Å²) >= 11 is 0. The van der Waals surface area contributed by atoms with E-state index in [1.807, 2.05) is 42.5 Å². The standard InChI is InChI=1S/C15H13N3O/c16-9-11-3-6-15(18-10-11)19-13-4-5-14-12(8-13)2-1-7-17-14/h1-8,10H,9,16H2. The van der Waals surface area contributed by atoms with Crippen molar-refractivity contribution in [3.8, 4) is 11.6 Å². The van der Waals surface area contributed by atoms with E-state index in [0.717, 1.165) is 22.2 Å². The summed E-state index contributed by atoms with van der Waals surface area (Å²) in [5, 5.41) is 1.04. The molecule has 3 aromatic rings. The molecule has 94 valence electrons. The second kappa shape index (κ2) is 5.04. The first-order valence-electron chi connectivity index (χ1n) is 6.03. The van der Waals surface area contributed by atoms with Crippen molar-refractivity contribution < 1.29 is 4.74 Å². The molecule has 0 fully saturated rings. The number of nitrogens with zero attached hydrogens (tertiary/aromatic N) is 2. The van der Waals surface area contributed by atoms with Crippen LogP contribution >= 0.6 is 0 Å². The fourth-order valence-electron chi connectivity index (χ4n) is 1.83. The molecule has 0 saturated carbocycles. The maximum atomic E-state index is 5.71. The van der Waals surface area contributed by atoms with Crippen LogP contribution in [0.1, 0.15) is 5.56 Å². The maximum absolute atomic E-state index is 5.71. The number of benzene rings is 1. The van der Waals surface area contributed by atoms with E-state index in [2.05, 4.69) is 9.97 Å². The van der Waals surface area contributed by atoms with Gasteiger partial charge in [0, 0.05) is 30.4 Å². The first-order valence-corrected chi connectivity index (χ1v) is 6.03. The summed E-state index contributed by atoms with van der Waals surface area (Å²) in [6.07, 6.45) is 3.49. The first kappa shape index (κ1) is 11.6. The summed E-state index contributed by atoms with van der Waals surface area (Å²) < 4.78 is 5.71. The molecule has 0 atom stereocenters. The van der Waals surface area contributed by atoms with Gasteiger partial charge in [0.05, 0.1) is 5.52 Å². The first-order chi connectivity index (χ1) is 9.35. The highest BCUT2D eigenvalue weighted by Crippen LogP contribution is 2.23. The van der Waals surface area contributed by atoms with Crippen molar-refractivity contribution in [1.29, 1.82) is 0 Å². The maximum Gasteiger partial charge on any atom is 0.219 e. The van der Waals surface area contributed by atoms with Crippen molar-refractivity contribution in [2.24, 2.45) is 5.73 Å². The predicted octanol–water partition coefficient (Wildman–Crippen LogP) is 2.88. The monoisotopic (exact) mass is 251 g/mol. The molecular formula is C15H13N3O. The van der Waals surface area contributed by atoms with Gasteiger partial charge in [0.15, 0.2) is 0 Å². The zero-order chi connectivity index (χ0) is 13.1. The Bertz CT molecular complexity index is 695. The number of ether oxygens (including phenoxy) is 1. The van der Waals surface area contributed by atoms with Gasteiger partial charge < -0.3 is 10.5 Å². The Morgan fingerprint density at radius 2 is 2.00 bits per heavy atom. The Balaban J connectivity index is 1.87. The minimum atomic E-state index is 0.481. The largest absolute Gasteiger partial charge is 0.439 e.